The Bertz CT molecular complexity index is 668. The van der Waals surface area contributed by atoms with E-state index in [9.17, 15) is 29.1 Å². The Morgan fingerprint density at radius 2 is 0.968 bits per heavy atom. The van der Waals surface area contributed by atoms with Crippen LogP contribution in [0.15, 0.2) is 0 Å². The molecule has 0 radical (unpaired) electrons. The van der Waals surface area contributed by atoms with Gasteiger partial charge in [0.2, 0.25) is 0 Å². The first-order chi connectivity index (χ1) is 14.5. The fraction of sp³-hybridized carbons (Fsp3) is 0.762. The molecule has 1 heterocycles. The van der Waals surface area contributed by atoms with E-state index >= 15 is 0 Å². The van der Waals surface area contributed by atoms with Gasteiger partial charge in [-0.2, -0.15) is 0 Å². The molecule has 1 unspecified atom stereocenters. The third-order valence-electron chi connectivity index (χ3n) is 5.09. The van der Waals surface area contributed by atoms with E-state index in [1.165, 1.54) is 27.7 Å². The fourth-order valence-electron chi connectivity index (χ4n) is 3.78. The standard InChI is InChI=1S/C21H36N4O6/c1-16(26)11-22-5-6-23(12-17(2)27)9-10-25(14-19(4)29)20(21(30)31)15-24(8-7-22)13-18(3)28/h20H,5-15H2,1-4H3,(H,30,31). The summed E-state index contributed by atoms with van der Waals surface area (Å²) in [6.07, 6.45) is 0. The van der Waals surface area contributed by atoms with Gasteiger partial charge in [-0.05, 0) is 27.7 Å². The molecule has 0 amide bonds. The molecule has 0 bridgehead atoms. The second-order valence-corrected chi connectivity index (χ2v) is 8.42. The van der Waals surface area contributed by atoms with Crippen molar-refractivity contribution in [2.75, 3.05) is 72.0 Å². The number of hydrogen-bond acceptors (Lipinski definition) is 9. The average molecular weight is 441 g/mol. The molecule has 1 atom stereocenters. The molecule has 0 aromatic rings. The lowest BCUT2D eigenvalue weighted by atomic mass is 10.2. The first kappa shape index (κ1) is 27.0. The molecule has 176 valence electrons. The maximum absolute atomic E-state index is 12.1. The number of carboxylic acids is 1. The lowest BCUT2D eigenvalue weighted by molar-refractivity contribution is -0.145. The van der Waals surface area contributed by atoms with Gasteiger partial charge in [0.1, 0.15) is 29.2 Å². The summed E-state index contributed by atoms with van der Waals surface area (Å²) in [6.45, 7) is 9.21. The Hall–Kier alpha value is -2.01. The molecule has 1 aliphatic rings. The van der Waals surface area contributed by atoms with Crippen LogP contribution in [0.2, 0.25) is 0 Å². The minimum Gasteiger partial charge on any atom is -0.480 e. The minimum atomic E-state index is -1.06. The molecule has 0 spiro atoms. The Morgan fingerprint density at radius 3 is 1.35 bits per heavy atom. The van der Waals surface area contributed by atoms with Crippen LogP contribution in [-0.2, 0) is 24.0 Å². The zero-order chi connectivity index (χ0) is 23.6. The quantitative estimate of drug-likeness (QED) is 0.479. The Morgan fingerprint density at radius 1 is 0.613 bits per heavy atom. The lowest BCUT2D eigenvalue weighted by Crippen LogP contribution is -2.55. The maximum Gasteiger partial charge on any atom is 0.322 e. The van der Waals surface area contributed by atoms with E-state index < -0.39 is 12.0 Å². The van der Waals surface area contributed by atoms with Crippen molar-refractivity contribution in [3.8, 4) is 0 Å². The molecular weight excluding hydrogens is 404 g/mol. The number of aliphatic carboxylic acids is 1. The molecule has 1 saturated heterocycles. The van der Waals surface area contributed by atoms with Crippen LogP contribution in [0, 0.1) is 0 Å². The summed E-state index contributed by atoms with van der Waals surface area (Å²) in [7, 11) is 0. The van der Waals surface area contributed by atoms with E-state index in [0.717, 1.165) is 0 Å². The van der Waals surface area contributed by atoms with Crippen LogP contribution >= 0.6 is 0 Å². The zero-order valence-electron chi connectivity index (χ0n) is 19.1. The molecule has 0 aromatic heterocycles. The average Bonchev–Trinajstić information content (AvgIpc) is 2.61. The van der Waals surface area contributed by atoms with Gasteiger partial charge in [0.05, 0.1) is 26.2 Å². The Kier molecular flexibility index (Phi) is 11.7. The van der Waals surface area contributed by atoms with Crippen molar-refractivity contribution < 1.29 is 29.1 Å². The maximum atomic E-state index is 12.1. The first-order valence-corrected chi connectivity index (χ1v) is 10.6. The van der Waals surface area contributed by atoms with Crippen LogP contribution in [-0.4, -0.2) is 132 Å². The van der Waals surface area contributed by atoms with Gasteiger partial charge >= 0.3 is 5.97 Å². The topological polar surface area (TPSA) is 119 Å². The van der Waals surface area contributed by atoms with Gasteiger partial charge in [-0.25, -0.2) is 0 Å². The lowest BCUT2D eigenvalue weighted by Gasteiger charge is -2.36. The number of ketones is 4. The van der Waals surface area contributed by atoms with Gasteiger partial charge in [0, 0.05) is 45.8 Å². The van der Waals surface area contributed by atoms with Crippen molar-refractivity contribution in [2.24, 2.45) is 0 Å². The van der Waals surface area contributed by atoms with Crippen molar-refractivity contribution >= 4 is 29.1 Å². The summed E-state index contributed by atoms with van der Waals surface area (Å²) in [5.41, 5.74) is 0. The summed E-state index contributed by atoms with van der Waals surface area (Å²) < 4.78 is 0. The molecule has 10 nitrogen and oxygen atoms in total. The zero-order valence-corrected chi connectivity index (χ0v) is 19.1. The van der Waals surface area contributed by atoms with E-state index in [1.54, 1.807) is 9.80 Å². The highest BCUT2D eigenvalue weighted by Crippen LogP contribution is 2.08. The molecular formula is C21H36N4O6. The summed E-state index contributed by atoms with van der Waals surface area (Å²) in [6, 6.07) is -0.969. The number of Topliss-reactive ketones (excluding diaryl/α,β-unsaturated/α-hetero) is 4. The van der Waals surface area contributed by atoms with Crippen LogP contribution in [0.4, 0.5) is 0 Å². The molecule has 1 N–H and O–H groups in total. The normalized spacial score (nSPS) is 21.1. The highest BCUT2D eigenvalue weighted by molar-refractivity contribution is 5.80. The van der Waals surface area contributed by atoms with Crippen molar-refractivity contribution in [3.63, 3.8) is 0 Å². The largest absolute Gasteiger partial charge is 0.480 e. The van der Waals surface area contributed by atoms with Crippen molar-refractivity contribution in [2.45, 2.75) is 33.7 Å². The van der Waals surface area contributed by atoms with E-state index in [4.69, 9.17) is 0 Å². The first-order valence-electron chi connectivity index (χ1n) is 10.6. The molecule has 1 aliphatic heterocycles. The van der Waals surface area contributed by atoms with E-state index in [-0.39, 0.29) is 55.9 Å². The highest BCUT2D eigenvalue weighted by Gasteiger charge is 2.30. The van der Waals surface area contributed by atoms with E-state index in [2.05, 4.69) is 0 Å². The van der Waals surface area contributed by atoms with Crippen LogP contribution in [0.25, 0.3) is 0 Å². The van der Waals surface area contributed by atoms with Crippen LogP contribution in [0.5, 0.6) is 0 Å². The van der Waals surface area contributed by atoms with Gasteiger partial charge in [-0.15, -0.1) is 0 Å². The summed E-state index contributed by atoms with van der Waals surface area (Å²) in [5, 5.41) is 9.87. The second kappa shape index (κ2) is 13.4. The smallest absolute Gasteiger partial charge is 0.322 e. The van der Waals surface area contributed by atoms with Gasteiger partial charge < -0.3 is 5.11 Å². The molecule has 1 fully saturated rings. The van der Waals surface area contributed by atoms with Gasteiger partial charge in [0.15, 0.2) is 0 Å². The monoisotopic (exact) mass is 440 g/mol. The number of carbonyl (C=O) groups excluding carboxylic acids is 4. The molecule has 0 aliphatic carbocycles. The van der Waals surface area contributed by atoms with Crippen molar-refractivity contribution in [1.82, 2.24) is 19.6 Å². The Labute approximate surface area is 184 Å². The SMILES string of the molecule is CC(=O)CN1CCN(CC(C)=O)CCN(CC(C)=O)C(C(=O)O)CN(CC(C)=O)CC1. The predicted molar refractivity (Wildman–Crippen MR) is 115 cm³/mol. The minimum absolute atomic E-state index is 0.00857. The highest BCUT2D eigenvalue weighted by atomic mass is 16.4. The third kappa shape index (κ3) is 11.3. The van der Waals surface area contributed by atoms with Crippen LogP contribution in [0.3, 0.4) is 0 Å². The van der Waals surface area contributed by atoms with Gasteiger partial charge in [-0.3, -0.25) is 43.6 Å². The number of nitrogens with zero attached hydrogens (tertiary/aromatic N) is 4. The van der Waals surface area contributed by atoms with Crippen LogP contribution < -0.4 is 0 Å². The van der Waals surface area contributed by atoms with E-state index in [0.29, 0.717) is 39.3 Å². The molecule has 1 rings (SSSR count). The second-order valence-electron chi connectivity index (χ2n) is 8.42. The molecule has 0 saturated carbocycles. The van der Waals surface area contributed by atoms with Crippen molar-refractivity contribution in [1.29, 1.82) is 0 Å². The Balaban J connectivity index is 3.19. The van der Waals surface area contributed by atoms with Crippen LogP contribution in [0.1, 0.15) is 27.7 Å². The molecule has 0 aromatic carbocycles. The molecule has 31 heavy (non-hydrogen) atoms. The number of rotatable bonds is 9. The third-order valence-corrected chi connectivity index (χ3v) is 5.09. The predicted octanol–water partition coefficient (Wildman–Crippen LogP) is -0.983. The summed E-state index contributed by atoms with van der Waals surface area (Å²) >= 11 is 0. The summed E-state index contributed by atoms with van der Waals surface area (Å²) in [4.78, 5) is 66.3. The number of hydrogen-bond donors (Lipinski definition) is 1. The fourth-order valence-corrected chi connectivity index (χ4v) is 3.78. The molecule has 10 heteroatoms. The van der Waals surface area contributed by atoms with Gasteiger partial charge in [-0.1, -0.05) is 0 Å². The summed E-state index contributed by atoms with van der Waals surface area (Å²) in [5.74, 6) is -1.29. The van der Waals surface area contributed by atoms with Crippen molar-refractivity contribution in [3.05, 3.63) is 0 Å². The van der Waals surface area contributed by atoms with E-state index in [1.807, 2.05) is 9.80 Å². The number of carboxylic acid groups (broad SMARTS) is 1. The number of carbonyl (C=O) groups is 5. The van der Waals surface area contributed by atoms with Gasteiger partial charge in [0.25, 0.3) is 0 Å².